The summed E-state index contributed by atoms with van der Waals surface area (Å²) < 4.78 is 13.1. The average Bonchev–Trinajstić information content (AvgIpc) is 3.12. The van der Waals surface area contributed by atoms with Crippen molar-refractivity contribution in [2.75, 3.05) is 19.6 Å². The third-order valence-corrected chi connectivity index (χ3v) is 4.98. The van der Waals surface area contributed by atoms with E-state index < -0.39 is 0 Å². The Labute approximate surface area is 136 Å². The fourth-order valence-corrected chi connectivity index (χ4v) is 3.52. The summed E-state index contributed by atoms with van der Waals surface area (Å²) in [4.78, 5) is 2.65. The molecule has 0 amide bonds. The molecule has 0 bridgehead atoms. The van der Waals surface area contributed by atoms with E-state index in [0.717, 1.165) is 41.9 Å². The largest absolute Gasteiger partial charge is 0.312 e. The molecule has 1 saturated carbocycles. The van der Waals surface area contributed by atoms with Gasteiger partial charge in [0.15, 0.2) is 0 Å². The summed E-state index contributed by atoms with van der Waals surface area (Å²) in [6.45, 7) is 4.36. The second-order valence-corrected chi connectivity index (χ2v) is 6.79. The molecule has 1 aliphatic heterocycles. The normalized spacial score (nSPS) is 21.9. The zero-order valence-corrected chi connectivity index (χ0v) is 13.3. The van der Waals surface area contributed by atoms with E-state index in [1.807, 2.05) is 6.20 Å². The maximum atomic E-state index is 13.1. The van der Waals surface area contributed by atoms with Crippen LogP contribution in [0.1, 0.15) is 24.8 Å². The maximum absolute atomic E-state index is 13.1. The SMILES string of the molecule is Fc1ccc(-c2[nH]ncc2CNCC2CCN(C3CC3)C2)cc1. The molecule has 1 atom stereocenters. The zero-order valence-electron chi connectivity index (χ0n) is 13.3. The monoisotopic (exact) mass is 314 g/mol. The van der Waals surface area contributed by atoms with Crippen LogP contribution < -0.4 is 5.32 Å². The highest BCUT2D eigenvalue weighted by atomic mass is 19.1. The van der Waals surface area contributed by atoms with Crippen molar-refractivity contribution in [3.8, 4) is 11.3 Å². The van der Waals surface area contributed by atoms with Crippen molar-refractivity contribution < 1.29 is 4.39 Å². The number of nitrogens with zero attached hydrogens (tertiary/aromatic N) is 2. The van der Waals surface area contributed by atoms with Gasteiger partial charge in [-0.05, 0) is 62.5 Å². The van der Waals surface area contributed by atoms with Crippen molar-refractivity contribution >= 4 is 0 Å². The second kappa shape index (κ2) is 6.42. The minimum absolute atomic E-state index is 0.214. The summed E-state index contributed by atoms with van der Waals surface area (Å²) in [7, 11) is 0. The van der Waals surface area contributed by atoms with E-state index in [0.29, 0.717) is 0 Å². The van der Waals surface area contributed by atoms with E-state index in [4.69, 9.17) is 0 Å². The van der Waals surface area contributed by atoms with Gasteiger partial charge in [0.25, 0.3) is 0 Å². The summed E-state index contributed by atoms with van der Waals surface area (Å²) in [5, 5.41) is 10.7. The Morgan fingerprint density at radius 2 is 2.04 bits per heavy atom. The van der Waals surface area contributed by atoms with E-state index in [-0.39, 0.29) is 5.82 Å². The molecule has 2 N–H and O–H groups in total. The lowest BCUT2D eigenvalue weighted by Gasteiger charge is -2.15. The molecule has 1 aliphatic carbocycles. The fraction of sp³-hybridized carbons (Fsp3) is 0.500. The van der Waals surface area contributed by atoms with Crippen LogP contribution in [0.5, 0.6) is 0 Å². The van der Waals surface area contributed by atoms with E-state index in [1.165, 1.54) is 44.5 Å². The van der Waals surface area contributed by atoms with Gasteiger partial charge in [-0.25, -0.2) is 4.39 Å². The van der Waals surface area contributed by atoms with Crippen LogP contribution in [0.25, 0.3) is 11.3 Å². The summed E-state index contributed by atoms with van der Waals surface area (Å²) in [6.07, 6.45) is 5.96. The molecule has 2 aliphatic rings. The first kappa shape index (κ1) is 14.8. The Morgan fingerprint density at radius 3 is 2.83 bits per heavy atom. The molecule has 2 aromatic rings. The number of aromatic nitrogens is 2. The highest BCUT2D eigenvalue weighted by Crippen LogP contribution is 2.31. The maximum Gasteiger partial charge on any atom is 0.123 e. The highest BCUT2D eigenvalue weighted by Gasteiger charge is 2.33. The van der Waals surface area contributed by atoms with Gasteiger partial charge in [-0.2, -0.15) is 5.10 Å². The van der Waals surface area contributed by atoms with Crippen LogP contribution in [0.3, 0.4) is 0 Å². The Balaban J connectivity index is 1.31. The number of likely N-dealkylation sites (tertiary alicyclic amines) is 1. The number of halogens is 1. The van der Waals surface area contributed by atoms with Gasteiger partial charge in [-0.3, -0.25) is 5.10 Å². The predicted octanol–water partition coefficient (Wildman–Crippen LogP) is 2.79. The summed E-state index contributed by atoms with van der Waals surface area (Å²) in [5.74, 6) is 0.547. The third-order valence-electron chi connectivity index (χ3n) is 4.98. The van der Waals surface area contributed by atoms with Gasteiger partial charge in [0.05, 0.1) is 11.9 Å². The Kier molecular flexibility index (Phi) is 4.14. The quantitative estimate of drug-likeness (QED) is 0.862. The lowest BCUT2D eigenvalue weighted by Crippen LogP contribution is -2.27. The van der Waals surface area contributed by atoms with Crippen LogP contribution in [-0.4, -0.2) is 40.8 Å². The first-order valence-electron chi connectivity index (χ1n) is 8.52. The van der Waals surface area contributed by atoms with Crippen LogP contribution in [0.4, 0.5) is 4.39 Å². The fourth-order valence-electron chi connectivity index (χ4n) is 3.52. The van der Waals surface area contributed by atoms with E-state index >= 15 is 0 Å². The lowest BCUT2D eigenvalue weighted by atomic mass is 10.1. The van der Waals surface area contributed by atoms with Gasteiger partial charge >= 0.3 is 0 Å². The minimum atomic E-state index is -0.214. The van der Waals surface area contributed by atoms with Gasteiger partial charge in [-0.1, -0.05) is 0 Å². The molecule has 0 radical (unpaired) electrons. The van der Waals surface area contributed by atoms with Crippen LogP contribution in [0, 0.1) is 11.7 Å². The number of aromatic amines is 1. The molecule has 1 saturated heterocycles. The van der Waals surface area contributed by atoms with Crippen LogP contribution in [-0.2, 0) is 6.54 Å². The van der Waals surface area contributed by atoms with Crippen LogP contribution in [0.2, 0.25) is 0 Å². The number of H-pyrrole nitrogens is 1. The first-order valence-corrected chi connectivity index (χ1v) is 8.52. The Bertz CT molecular complexity index is 647. The van der Waals surface area contributed by atoms with Crippen molar-refractivity contribution in [2.24, 2.45) is 5.92 Å². The first-order chi connectivity index (χ1) is 11.3. The standard InChI is InChI=1S/C18H23FN4/c19-16-3-1-14(2-4-16)18-15(11-21-22-18)10-20-9-13-7-8-23(12-13)17-5-6-17/h1-4,11,13,17,20H,5-10,12H2,(H,21,22). The van der Waals surface area contributed by atoms with Gasteiger partial charge in [0.2, 0.25) is 0 Å². The Hall–Kier alpha value is -1.72. The van der Waals surface area contributed by atoms with Crippen LogP contribution in [0.15, 0.2) is 30.5 Å². The molecule has 2 heterocycles. The molecular weight excluding hydrogens is 291 g/mol. The molecule has 23 heavy (non-hydrogen) atoms. The summed E-state index contributed by atoms with van der Waals surface area (Å²) >= 11 is 0. The van der Waals surface area contributed by atoms with Crippen molar-refractivity contribution in [2.45, 2.75) is 31.8 Å². The van der Waals surface area contributed by atoms with Gasteiger partial charge in [0, 0.05) is 30.3 Å². The number of hydrogen-bond acceptors (Lipinski definition) is 3. The van der Waals surface area contributed by atoms with Crippen molar-refractivity contribution in [1.29, 1.82) is 0 Å². The molecule has 122 valence electrons. The van der Waals surface area contributed by atoms with Crippen molar-refractivity contribution in [3.05, 3.63) is 41.8 Å². The average molecular weight is 314 g/mol. The highest BCUT2D eigenvalue weighted by molar-refractivity contribution is 5.62. The topological polar surface area (TPSA) is 44.0 Å². The zero-order chi connectivity index (χ0) is 15.6. The molecule has 1 aromatic carbocycles. The molecule has 1 unspecified atom stereocenters. The number of benzene rings is 1. The number of hydrogen-bond donors (Lipinski definition) is 2. The molecule has 5 heteroatoms. The summed E-state index contributed by atoms with van der Waals surface area (Å²) in [5.41, 5.74) is 3.08. The van der Waals surface area contributed by atoms with Gasteiger partial charge < -0.3 is 10.2 Å². The van der Waals surface area contributed by atoms with E-state index in [2.05, 4.69) is 20.4 Å². The molecular formula is C18H23FN4. The van der Waals surface area contributed by atoms with Gasteiger partial charge in [0.1, 0.15) is 5.82 Å². The van der Waals surface area contributed by atoms with Crippen molar-refractivity contribution in [3.63, 3.8) is 0 Å². The molecule has 2 fully saturated rings. The lowest BCUT2D eigenvalue weighted by molar-refractivity contribution is 0.312. The second-order valence-electron chi connectivity index (χ2n) is 6.79. The molecule has 1 aromatic heterocycles. The smallest absolute Gasteiger partial charge is 0.123 e. The van der Waals surface area contributed by atoms with E-state index in [1.54, 1.807) is 12.1 Å². The molecule has 4 nitrogen and oxygen atoms in total. The summed E-state index contributed by atoms with van der Waals surface area (Å²) in [6, 6.07) is 7.43. The Morgan fingerprint density at radius 1 is 1.22 bits per heavy atom. The van der Waals surface area contributed by atoms with Crippen LogP contribution >= 0.6 is 0 Å². The number of nitrogens with one attached hydrogen (secondary N) is 2. The third kappa shape index (κ3) is 3.46. The minimum Gasteiger partial charge on any atom is -0.312 e. The van der Waals surface area contributed by atoms with Crippen molar-refractivity contribution in [1.82, 2.24) is 20.4 Å². The number of rotatable bonds is 6. The van der Waals surface area contributed by atoms with E-state index in [9.17, 15) is 4.39 Å². The predicted molar refractivity (Wildman–Crippen MR) is 88.4 cm³/mol. The molecule has 4 rings (SSSR count). The molecule has 0 spiro atoms. The van der Waals surface area contributed by atoms with Gasteiger partial charge in [-0.15, -0.1) is 0 Å².